The fraction of sp³-hybridized carbons (Fsp3) is 0.833. The predicted molar refractivity (Wildman–Crippen MR) is 56.9 cm³/mol. The number of hydrogen-bond donors (Lipinski definition) is 0. The maximum absolute atomic E-state index is 11.4. The summed E-state index contributed by atoms with van der Waals surface area (Å²) in [7, 11) is 0. The van der Waals surface area contributed by atoms with E-state index in [-0.39, 0.29) is 24.4 Å². The molecule has 4 atom stereocenters. The van der Waals surface area contributed by atoms with Crippen molar-refractivity contribution in [3.8, 4) is 0 Å². The van der Waals surface area contributed by atoms with Crippen molar-refractivity contribution in [3.63, 3.8) is 0 Å². The fourth-order valence-electron chi connectivity index (χ4n) is 2.59. The molecule has 0 amide bonds. The van der Waals surface area contributed by atoms with Gasteiger partial charge in [0.05, 0.1) is 12.2 Å². The van der Waals surface area contributed by atoms with Gasteiger partial charge in [-0.15, -0.1) is 0 Å². The van der Waals surface area contributed by atoms with E-state index in [0.717, 1.165) is 19.3 Å². The van der Waals surface area contributed by atoms with Crippen molar-refractivity contribution >= 4 is 11.8 Å². The van der Waals surface area contributed by atoms with Crippen LogP contribution in [0.3, 0.4) is 0 Å². The Morgan fingerprint density at radius 2 is 2.00 bits per heavy atom. The van der Waals surface area contributed by atoms with Gasteiger partial charge in [-0.1, -0.05) is 6.92 Å². The number of ether oxygens (including phenoxy) is 2. The van der Waals surface area contributed by atoms with Crippen LogP contribution in [0.15, 0.2) is 0 Å². The Kier molecular flexibility index (Phi) is 3.28. The van der Waals surface area contributed by atoms with Crippen LogP contribution >= 0.6 is 0 Å². The minimum Gasteiger partial charge on any atom is -0.459 e. The molecule has 2 saturated heterocycles. The number of fused-ring (bicyclic) bond motifs is 2. The second-order valence-electron chi connectivity index (χ2n) is 4.91. The van der Waals surface area contributed by atoms with Gasteiger partial charge in [-0.3, -0.25) is 9.59 Å². The van der Waals surface area contributed by atoms with Crippen LogP contribution in [0.4, 0.5) is 0 Å². The summed E-state index contributed by atoms with van der Waals surface area (Å²) in [4.78, 5) is 22.2. The van der Waals surface area contributed by atoms with Gasteiger partial charge in [0.1, 0.15) is 18.3 Å². The van der Waals surface area contributed by atoms with E-state index in [1.807, 2.05) is 0 Å². The van der Waals surface area contributed by atoms with Gasteiger partial charge in [-0.25, -0.2) is 0 Å². The van der Waals surface area contributed by atoms with E-state index in [1.165, 1.54) is 6.92 Å². The van der Waals surface area contributed by atoms with Gasteiger partial charge in [0, 0.05) is 0 Å². The van der Waals surface area contributed by atoms with Crippen LogP contribution in [-0.2, 0) is 19.1 Å². The molecule has 2 bridgehead atoms. The van der Waals surface area contributed by atoms with Gasteiger partial charge in [0.2, 0.25) is 0 Å². The smallest absolute Gasteiger partial charge is 0.313 e. The molecule has 2 rings (SSSR count). The molecule has 2 aliphatic heterocycles. The lowest BCUT2D eigenvalue weighted by Crippen LogP contribution is -2.39. The Labute approximate surface area is 95.3 Å². The number of carbonyl (C=O) groups is 2. The first-order chi connectivity index (χ1) is 7.56. The zero-order valence-electron chi connectivity index (χ0n) is 9.77. The van der Waals surface area contributed by atoms with Crippen LogP contribution in [0.25, 0.3) is 0 Å². The third kappa shape index (κ3) is 2.43. The number of esters is 1. The van der Waals surface area contributed by atoms with Crippen LogP contribution in [0.5, 0.6) is 0 Å². The zero-order chi connectivity index (χ0) is 11.7. The summed E-state index contributed by atoms with van der Waals surface area (Å²) in [6, 6.07) is 0. The topological polar surface area (TPSA) is 52.6 Å². The molecule has 2 heterocycles. The monoisotopic (exact) mass is 226 g/mol. The minimum absolute atomic E-state index is 0.0529. The highest BCUT2D eigenvalue weighted by Gasteiger charge is 2.42. The molecule has 90 valence electrons. The lowest BCUT2D eigenvalue weighted by Gasteiger charge is -2.33. The molecule has 0 aromatic rings. The van der Waals surface area contributed by atoms with Crippen molar-refractivity contribution in [1.29, 1.82) is 0 Å². The van der Waals surface area contributed by atoms with Crippen LogP contribution in [0, 0.1) is 5.92 Å². The van der Waals surface area contributed by atoms with E-state index in [9.17, 15) is 9.59 Å². The molecule has 4 nitrogen and oxygen atoms in total. The maximum atomic E-state index is 11.4. The summed E-state index contributed by atoms with van der Waals surface area (Å²) in [5.41, 5.74) is 0. The van der Waals surface area contributed by atoms with E-state index in [1.54, 1.807) is 0 Å². The largest absolute Gasteiger partial charge is 0.459 e. The first kappa shape index (κ1) is 11.6. The fourth-order valence-corrected chi connectivity index (χ4v) is 2.59. The standard InChI is InChI=1S/C12H18O4/c1-7-5-11(10-4-3-9(7)15-10)16-12(14)6-8(2)13/h7,9-11H,3-6H2,1-2H3/t7-,9+,10-,11+/m0/s1. The highest BCUT2D eigenvalue weighted by molar-refractivity contribution is 5.94. The van der Waals surface area contributed by atoms with Crippen LogP contribution in [-0.4, -0.2) is 30.1 Å². The summed E-state index contributed by atoms with van der Waals surface area (Å²) in [6.07, 6.45) is 3.00. The molecule has 0 saturated carbocycles. The first-order valence-corrected chi connectivity index (χ1v) is 5.90. The average Bonchev–Trinajstić information content (AvgIpc) is 2.58. The van der Waals surface area contributed by atoms with Crippen LogP contribution < -0.4 is 0 Å². The van der Waals surface area contributed by atoms with E-state index in [2.05, 4.69) is 6.92 Å². The van der Waals surface area contributed by atoms with Crippen molar-refractivity contribution in [2.24, 2.45) is 5.92 Å². The Bertz CT molecular complexity index is 299. The quantitative estimate of drug-likeness (QED) is 0.540. The van der Waals surface area contributed by atoms with E-state index < -0.39 is 5.97 Å². The van der Waals surface area contributed by atoms with Gasteiger partial charge in [0.25, 0.3) is 0 Å². The summed E-state index contributed by atoms with van der Waals surface area (Å²) >= 11 is 0. The molecule has 0 unspecified atom stereocenters. The molecule has 16 heavy (non-hydrogen) atoms. The summed E-state index contributed by atoms with van der Waals surface area (Å²) in [5, 5.41) is 0. The van der Waals surface area contributed by atoms with E-state index in [0.29, 0.717) is 12.0 Å². The third-order valence-electron chi connectivity index (χ3n) is 3.41. The average molecular weight is 226 g/mol. The first-order valence-electron chi connectivity index (χ1n) is 5.90. The number of rotatable bonds is 3. The number of hydrogen-bond acceptors (Lipinski definition) is 4. The molecule has 0 aromatic heterocycles. The third-order valence-corrected chi connectivity index (χ3v) is 3.41. The van der Waals surface area contributed by atoms with E-state index in [4.69, 9.17) is 9.47 Å². The molecule has 2 aliphatic rings. The summed E-state index contributed by atoms with van der Waals surface area (Å²) < 4.78 is 11.1. The van der Waals surface area contributed by atoms with Gasteiger partial charge < -0.3 is 9.47 Å². The normalized spacial score (nSPS) is 37.1. The van der Waals surface area contributed by atoms with Crippen LogP contribution in [0.2, 0.25) is 0 Å². The van der Waals surface area contributed by atoms with Gasteiger partial charge in [0.15, 0.2) is 0 Å². The van der Waals surface area contributed by atoms with Gasteiger partial charge in [-0.2, -0.15) is 0 Å². The Morgan fingerprint density at radius 3 is 2.69 bits per heavy atom. The molecule has 0 aromatic carbocycles. The van der Waals surface area contributed by atoms with Crippen molar-refractivity contribution in [2.45, 2.75) is 57.8 Å². The zero-order valence-corrected chi connectivity index (χ0v) is 9.77. The minimum atomic E-state index is -0.418. The molecule has 0 N–H and O–H groups in total. The highest BCUT2D eigenvalue weighted by atomic mass is 16.6. The SMILES string of the molecule is CC(=O)CC(=O)O[C@@H]1C[C@H](C)[C@H]2CC[C@@H]1O2. The molecular weight excluding hydrogens is 208 g/mol. The molecule has 4 heteroatoms. The van der Waals surface area contributed by atoms with Gasteiger partial charge >= 0.3 is 5.97 Å². The number of carbonyl (C=O) groups excluding carboxylic acids is 2. The maximum Gasteiger partial charge on any atom is 0.313 e. The lowest BCUT2D eigenvalue weighted by atomic mass is 9.96. The van der Waals surface area contributed by atoms with Crippen LogP contribution in [0.1, 0.15) is 39.5 Å². The highest BCUT2D eigenvalue weighted by Crippen LogP contribution is 2.37. The molecule has 0 radical (unpaired) electrons. The summed E-state index contributed by atoms with van der Waals surface area (Å²) in [6.45, 7) is 3.52. The van der Waals surface area contributed by atoms with E-state index >= 15 is 0 Å². The molecule has 0 spiro atoms. The lowest BCUT2D eigenvalue weighted by molar-refractivity contribution is -0.168. The molecule has 0 aliphatic carbocycles. The van der Waals surface area contributed by atoms with Crippen molar-refractivity contribution < 1.29 is 19.1 Å². The Balaban J connectivity index is 1.89. The molecule has 2 fully saturated rings. The predicted octanol–water partition coefficient (Wildman–Crippen LogP) is 1.46. The van der Waals surface area contributed by atoms with Crippen molar-refractivity contribution in [2.75, 3.05) is 0 Å². The number of Topliss-reactive ketones (excluding diaryl/α,β-unsaturated/α-hetero) is 1. The number of ketones is 1. The van der Waals surface area contributed by atoms with Gasteiger partial charge in [-0.05, 0) is 32.1 Å². The molecular formula is C12H18O4. The summed E-state index contributed by atoms with van der Waals surface area (Å²) in [5.74, 6) is -0.133. The second kappa shape index (κ2) is 4.53. The second-order valence-corrected chi connectivity index (χ2v) is 4.91. The Morgan fingerprint density at radius 1 is 1.31 bits per heavy atom. The van der Waals surface area contributed by atoms with Crippen molar-refractivity contribution in [3.05, 3.63) is 0 Å². The Hall–Kier alpha value is -0.900. The van der Waals surface area contributed by atoms with Crippen molar-refractivity contribution in [1.82, 2.24) is 0 Å².